The number of nitrogens with one attached hydrogen (secondary N) is 1. The van der Waals surface area contributed by atoms with Gasteiger partial charge in [-0.05, 0) is 30.9 Å². The lowest BCUT2D eigenvalue weighted by molar-refractivity contribution is 0.107. The lowest BCUT2D eigenvalue weighted by atomic mass is 10.0. The molecule has 4 rings (SSSR count). The quantitative estimate of drug-likeness (QED) is 0.736. The molecule has 0 spiro atoms. The summed E-state index contributed by atoms with van der Waals surface area (Å²) < 4.78 is 5.53. The molecule has 0 unspecified atom stereocenters. The zero-order valence-corrected chi connectivity index (χ0v) is 10.8. The monoisotopic (exact) mass is 245 g/mol. The smallest absolute Gasteiger partial charge is 0.132 e. The lowest BCUT2D eigenvalue weighted by Crippen LogP contribution is -2.55. The molecule has 2 atom stereocenters. The van der Waals surface area contributed by atoms with Crippen LogP contribution in [0.5, 0.6) is 0 Å². The van der Waals surface area contributed by atoms with Gasteiger partial charge in [-0.25, -0.2) is 4.98 Å². The predicted molar refractivity (Wildman–Crippen MR) is 69.9 cm³/mol. The summed E-state index contributed by atoms with van der Waals surface area (Å²) in [6, 6.07) is 3.52. The largest absolute Gasteiger partial charge is 0.375 e. The molecule has 1 saturated heterocycles. The first kappa shape index (κ1) is 10.8. The summed E-state index contributed by atoms with van der Waals surface area (Å²) in [4.78, 5) is 7.42. The van der Waals surface area contributed by atoms with Gasteiger partial charge in [-0.2, -0.15) is 0 Å². The maximum absolute atomic E-state index is 5.53. The topological polar surface area (TPSA) is 37.4 Å². The molecule has 0 aliphatic carbocycles. The fraction of sp³-hybridized carbons (Fsp3) is 0.643. The van der Waals surface area contributed by atoms with E-state index in [1.165, 1.54) is 16.9 Å². The van der Waals surface area contributed by atoms with Crippen LogP contribution in [-0.4, -0.2) is 36.8 Å². The van der Waals surface area contributed by atoms with E-state index in [4.69, 9.17) is 9.72 Å². The van der Waals surface area contributed by atoms with E-state index in [0.29, 0.717) is 18.7 Å². The van der Waals surface area contributed by atoms with Crippen molar-refractivity contribution in [3.63, 3.8) is 0 Å². The predicted octanol–water partition coefficient (Wildman–Crippen LogP) is 0.877. The first-order chi connectivity index (χ1) is 8.83. The minimum absolute atomic E-state index is 0.542. The fourth-order valence-electron chi connectivity index (χ4n) is 3.52. The first-order valence-corrected chi connectivity index (χ1v) is 6.91. The van der Waals surface area contributed by atoms with Crippen LogP contribution in [0.15, 0.2) is 6.07 Å². The van der Waals surface area contributed by atoms with Crippen LogP contribution >= 0.6 is 0 Å². The second kappa shape index (κ2) is 3.93. The van der Waals surface area contributed by atoms with Crippen molar-refractivity contribution in [2.45, 2.75) is 38.5 Å². The van der Waals surface area contributed by atoms with E-state index < -0.39 is 0 Å². The number of hydrogen-bond acceptors (Lipinski definition) is 4. The van der Waals surface area contributed by atoms with Crippen molar-refractivity contribution in [1.29, 1.82) is 0 Å². The number of piperazine rings is 1. The third-order valence-electron chi connectivity index (χ3n) is 4.39. The third-order valence-corrected chi connectivity index (χ3v) is 4.39. The van der Waals surface area contributed by atoms with Gasteiger partial charge in [-0.1, -0.05) is 6.07 Å². The lowest BCUT2D eigenvalue weighted by Gasteiger charge is -2.38. The number of rotatable bonds is 0. The summed E-state index contributed by atoms with van der Waals surface area (Å²) in [5.74, 6) is 1.22. The van der Waals surface area contributed by atoms with Gasteiger partial charge >= 0.3 is 0 Å². The van der Waals surface area contributed by atoms with Crippen molar-refractivity contribution in [2.75, 3.05) is 24.6 Å². The van der Waals surface area contributed by atoms with E-state index in [0.717, 1.165) is 38.2 Å². The summed E-state index contributed by atoms with van der Waals surface area (Å²) in [7, 11) is 0. The molecule has 0 saturated carbocycles. The van der Waals surface area contributed by atoms with E-state index in [1.54, 1.807) is 0 Å². The Morgan fingerprint density at radius 3 is 3.28 bits per heavy atom. The van der Waals surface area contributed by atoms with Crippen molar-refractivity contribution >= 4 is 5.82 Å². The number of fused-ring (bicyclic) bond motifs is 4. The third kappa shape index (κ3) is 1.49. The molecule has 1 aromatic heterocycles. The summed E-state index contributed by atoms with van der Waals surface area (Å²) in [6.45, 7) is 5.96. The number of anilines is 1. The Morgan fingerprint density at radius 2 is 2.33 bits per heavy atom. The highest BCUT2D eigenvalue weighted by Gasteiger charge is 2.37. The van der Waals surface area contributed by atoms with E-state index in [-0.39, 0.29) is 0 Å². The van der Waals surface area contributed by atoms with Crippen LogP contribution in [0.25, 0.3) is 0 Å². The summed E-state index contributed by atoms with van der Waals surface area (Å²) in [5.41, 5.74) is 4.00. The van der Waals surface area contributed by atoms with E-state index in [2.05, 4.69) is 23.2 Å². The van der Waals surface area contributed by atoms with Gasteiger partial charge < -0.3 is 15.0 Å². The Balaban J connectivity index is 1.78. The van der Waals surface area contributed by atoms with Gasteiger partial charge in [0.15, 0.2) is 0 Å². The van der Waals surface area contributed by atoms with Gasteiger partial charge in [0.2, 0.25) is 0 Å². The number of pyridine rings is 1. The van der Waals surface area contributed by atoms with E-state index in [9.17, 15) is 0 Å². The Morgan fingerprint density at radius 1 is 1.39 bits per heavy atom. The molecule has 4 nitrogen and oxygen atoms in total. The minimum atomic E-state index is 0.542. The molecule has 0 aromatic carbocycles. The Bertz CT molecular complexity index is 488. The number of hydrogen-bond donors (Lipinski definition) is 1. The summed E-state index contributed by atoms with van der Waals surface area (Å²) >= 11 is 0. The molecule has 18 heavy (non-hydrogen) atoms. The summed E-state index contributed by atoms with van der Waals surface area (Å²) in [5, 5.41) is 3.52. The molecule has 1 N–H and O–H groups in total. The minimum Gasteiger partial charge on any atom is -0.375 e. The molecule has 0 amide bonds. The van der Waals surface area contributed by atoms with Crippen LogP contribution in [0.4, 0.5) is 5.82 Å². The number of aromatic nitrogens is 1. The van der Waals surface area contributed by atoms with Crippen LogP contribution in [0.2, 0.25) is 0 Å². The van der Waals surface area contributed by atoms with Gasteiger partial charge in [0.1, 0.15) is 5.82 Å². The van der Waals surface area contributed by atoms with Gasteiger partial charge in [-0.3, -0.25) is 0 Å². The fourth-order valence-corrected chi connectivity index (χ4v) is 3.52. The highest BCUT2D eigenvalue weighted by molar-refractivity contribution is 5.57. The zero-order valence-electron chi connectivity index (χ0n) is 10.8. The molecule has 96 valence electrons. The van der Waals surface area contributed by atoms with Gasteiger partial charge in [0.25, 0.3) is 0 Å². The van der Waals surface area contributed by atoms with Crippen molar-refractivity contribution < 1.29 is 4.74 Å². The van der Waals surface area contributed by atoms with Gasteiger partial charge in [0, 0.05) is 25.2 Å². The maximum atomic E-state index is 5.53. The van der Waals surface area contributed by atoms with E-state index >= 15 is 0 Å². The SMILES string of the molecule is C[C@H]1CNC[C@@H]2Cc3cc4c(nc3N21)COCC4. The average Bonchev–Trinajstić information content (AvgIpc) is 2.74. The highest BCUT2D eigenvalue weighted by Crippen LogP contribution is 2.35. The van der Waals surface area contributed by atoms with Crippen molar-refractivity contribution in [1.82, 2.24) is 10.3 Å². The van der Waals surface area contributed by atoms with Crippen molar-refractivity contribution in [3.8, 4) is 0 Å². The molecule has 0 radical (unpaired) electrons. The molecule has 3 aliphatic heterocycles. The van der Waals surface area contributed by atoms with Gasteiger partial charge in [0.05, 0.1) is 18.9 Å². The van der Waals surface area contributed by atoms with Crippen LogP contribution in [0.1, 0.15) is 23.7 Å². The van der Waals surface area contributed by atoms with Crippen molar-refractivity contribution in [3.05, 3.63) is 22.9 Å². The first-order valence-electron chi connectivity index (χ1n) is 6.91. The summed E-state index contributed by atoms with van der Waals surface area (Å²) in [6.07, 6.45) is 2.17. The van der Waals surface area contributed by atoms with Crippen LogP contribution < -0.4 is 10.2 Å². The number of ether oxygens (including phenoxy) is 1. The van der Waals surface area contributed by atoms with Crippen LogP contribution in [-0.2, 0) is 24.2 Å². The van der Waals surface area contributed by atoms with Gasteiger partial charge in [-0.15, -0.1) is 0 Å². The highest BCUT2D eigenvalue weighted by atomic mass is 16.5. The van der Waals surface area contributed by atoms with Crippen LogP contribution in [0, 0.1) is 0 Å². The molecular weight excluding hydrogens is 226 g/mol. The zero-order chi connectivity index (χ0) is 12.1. The molecule has 1 aromatic rings. The number of nitrogens with zero attached hydrogens (tertiary/aromatic N) is 2. The molecule has 0 bridgehead atoms. The standard InChI is InChI=1S/C14H19N3O/c1-9-6-15-7-12-5-11-4-10-2-3-18-8-13(10)16-14(11)17(9)12/h4,9,12,15H,2-3,5-8H2,1H3/t9-,12-/m0/s1. The molecule has 4 heterocycles. The average molecular weight is 245 g/mol. The Hall–Kier alpha value is -1.13. The normalized spacial score (nSPS) is 29.7. The van der Waals surface area contributed by atoms with E-state index in [1.807, 2.05) is 0 Å². The molecule has 1 fully saturated rings. The Labute approximate surface area is 107 Å². The molecule has 3 aliphatic rings. The molecule has 4 heteroatoms. The maximum Gasteiger partial charge on any atom is 0.132 e. The van der Waals surface area contributed by atoms with Crippen LogP contribution in [0.3, 0.4) is 0 Å². The van der Waals surface area contributed by atoms with Crippen molar-refractivity contribution in [2.24, 2.45) is 0 Å². The second-order valence-corrected chi connectivity index (χ2v) is 5.65. The second-order valence-electron chi connectivity index (χ2n) is 5.65. The Kier molecular flexibility index (Phi) is 2.35. The molecular formula is C14H19N3O.